The first-order valence-corrected chi connectivity index (χ1v) is 8.57. The van der Waals surface area contributed by atoms with Gasteiger partial charge < -0.3 is 15.0 Å². The first kappa shape index (κ1) is 16.2. The van der Waals surface area contributed by atoms with Gasteiger partial charge in [0.1, 0.15) is 6.61 Å². The van der Waals surface area contributed by atoms with E-state index in [0.717, 1.165) is 31.4 Å². The van der Waals surface area contributed by atoms with Crippen LogP contribution in [0.3, 0.4) is 0 Å². The highest BCUT2D eigenvalue weighted by molar-refractivity contribution is 5.80. The van der Waals surface area contributed by atoms with Crippen molar-refractivity contribution in [2.24, 2.45) is 5.92 Å². The molecule has 1 saturated carbocycles. The maximum atomic E-state index is 12.6. The molecule has 23 heavy (non-hydrogen) atoms. The summed E-state index contributed by atoms with van der Waals surface area (Å²) in [5.41, 5.74) is 0.836. The molecule has 0 unspecified atom stereocenters. The Balaban J connectivity index is 1.54. The zero-order chi connectivity index (χ0) is 16.4. The fourth-order valence-corrected chi connectivity index (χ4v) is 3.40. The van der Waals surface area contributed by atoms with Gasteiger partial charge in [0, 0.05) is 17.8 Å². The second-order valence-corrected chi connectivity index (χ2v) is 7.16. The molecule has 126 valence electrons. The van der Waals surface area contributed by atoms with Gasteiger partial charge in [-0.3, -0.25) is 4.79 Å². The second-order valence-electron chi connectivity index (χ2n) is 7.16. The van der Waals surface area contributed by atoms with Crippen LogP contribution in [0.5, 0.6) is 5.88 Å². The van der Waals surface area contributed by atoms with Crippen molar-refractivity contribution in [2.45, 2.75) is 51.1 Å². The van der Waals surface area contributed by atoms with E-state index in [1.807, 2.05) is 26.0 Å². The second kappa shape index (κ2) is 6.48. The number of carbonyl (C=O) groups is 1. The lowest BCUT2D eigenvalue weighted by Gasteiger charge is -2.27. The summed E-state index contributed by atoms with van der Waals surface area (Å²) in [6.45, 7) is 5.62. The fourth-order valence-electron chi connectivity index (χ4n) is 3.40. The number of aryl methyl sites for hydroxylation is 1. The van der Waals surface area contributed by atoms with Gasteiger partial charge in [-0.25, -0.2) is 4.98 Å². The molecule has 2 atom stereocenters. The number of likely N-dealkylation sites (tertiary alicyclic amines) is 1. The molecule has 1 aromatic heterocycles. The molecule has 3 rings (SSSR count). The summed E-state index contributed by atoms with van der Waals surface area (Å²) >= 11 is 0. The third kappa shape index (κ3) is 3.66. The molecule has 2 heterocycles. The zero-order valence-corrected chi connectivity index (χ0v) is 14.3. The summed E-state index contributed by atoms with van der Waals surface area (Å²) in [6.07, 6.45) is 6.00. The zero-order valence-electron chi connectivity index (χ0n) is 14.3. The highest BCUT2D eigenvalue weighted by atomic mass is 16.5. The lowest BCUT2D eigenvalue weighted by atomic mass is 9.98. The van der Waals surface area contributed by atoms with E-state index in [0.29, 0.717) is 18.5 Å². The van der Waals surface area contributed by atoms with Crippen molar-refractivity contribution in [1.82, 2.24) is 15.2 Å². The van der Waals surface area contributed by atoms with Gasteiger partial charge in [0.25, 0.3) is 0 Å². The highest BCUT2D eigenvalue weighted by Crippen LogP contribution is 2.37. The summed E-state index contributed by atoms with van der Waals surface area (Å²) < 4.78 is 5.86. The largest absolute Gasteiger partial charge is 0.475 e. The van der Waals surface area contributed by atoms with Gasteiger partial charge in [0.15, 0.2) is 0 Å². The van der Waals surface area contributed by atoms with E-state index in [-0.39, 0.29) is 17.4 Å². The van der Waals surface area contributed by atoms with Crippen LogP contribution in [-0.2, 0) is 4.79 Å². The quantitative estimate of drug-likeness (QED) is 0.873. The van der Waals surface area contributed by atoms with Gasteiger partial charge >= 0.3 is 0 Å². The molecule has 1 amide bonds. The third-order valence-corrected chi connectivity index (χ3v) is 5.26. The van der Waals surface area contributed by atoms with Crippen LogP contribution in [0, 0.1) is 12.8 Å². The Bertz CT molecular complexity index is 571. The molecule has 2 aliphatic rings. The molecule has 5 heteroatoms. The summed E-state index contributed by atoms with van der Waals surface area (Å²) in [4.78, 5) is 19.2. The van der Waals surface area contributed by atoms with E-state index in [4.69, 9.17) is 4.74 Å². The average Bonchev–Trinajstić information content (AvgIpc) is 3.16. The van der Waals surface area contributed by atoms with Crippen LogP contribution in [0.2, 0.25) is 0 Å². The first-order valence-electron chi connectivity index (χ1n) is 8.57. The Hall–Kier alpha value is -1.62. The van der Waals surface area contributed by atoms with E-state index in [2.05, 4.69) is 22.2 Å². The Labute approximate surface area is 138 Å². The van der Waals surface area contributed by atoms with E-state index in [1.165, 1.54) is 6.42 Å². The van der Waals surface area contributed by atoms with Crippen LogP contribution in [0.15, 0.2) is 18.3 Å². The standard InChI is InChI=1S/C18H27N3O2/c1-13-6-4-10-19-17(13)23-12-18(8-9-18)20-16(22)14(2)15-7-5-11-21(15)3/h4,6,10,14-15H,5,7-9,11-12H2,1-3H3,(H,20,22)/t14-,15-/m0/s1. The van der Waals surface area contributed by atoms with Crippen LogP contribution < -0.4 is 10.1 Å². The molecule has 0 spiro atoms. The number of carbonyl (C=O) groups excluding carboxylic acids is 1. The van der Waals surface area contributed by atoms with Crippen molar-refractivity contribution in [3.05, 3.63) is 23.9 Å². The number of rotatable bonds is 6. The minimum Gasteiger partial charge on any atom is -0.475 e. The highest BCUT2D eigenvalue weighted by Gasteiger charge is 2.46. The van der Waals surface area contributed by atoms with E-state index < -0.39 is 0 Å². The summed E-state index contributed by atoms with van der Waals surface area (Å²) in [7, 11) is 2.11. The van der Waals surface area contributed by atoms with Crippen LogP contribution in [0.1, 0.15) is 38.2 Å². The minimum atomic E-state index is -0.188. The minimum absolute atomic E-state index is 0.0246. The molecule has 1 saturated heterocycles. The molecular weight excluding hydrogens is 290 g/mol. The molecule has 1 aliphatic heterocycles. The number of ether oxygens (including phenoxy) is 1. The molecular formula is C18H27N3O2. The number of pyridine rings is 1. The first-order chi connectivity index (χ1) is 11.0. The molecule has 2 fully saturated rings. The molecule has 1 aliphatic carbocycles. The van der Waals surface area contributed by atoms with Gasteiger partial charge in [0.2, 0.25) is 11.8 Å². The number of hydrogen-bond donors (Lipinski definition) is 1. The summed E-state index contributed by atoms with van der Waals surface area (Å²) in [6, 6.07) is 4.25. The van der Waals surface area contributed by atoms with Crippen LogP contribution >= 0.6 is 0 Å². The van der Waals surface area contributed by atoms with Crippen LogP contribution in [-0.4, -0.2) is 47.6 Å². The van der Waals surface area contributed by atoms with Crippen LogP contribution in [0.25, 0.3) is 0 Å². The maximum Gasteiger partial charge on any atom is 0.224 e. The van der Waals surface area contributed by atoms with Crippen LogP contribution in [0.4, 0.5) is 0 Å². The fraction of sp³-hybridized carbons (Fsp3) is 0.667. The van der Waals surface area contributed by atoms with Gasteiger partial charge in [-0.15, -0.1) is 0 Å². The van der Waals surface area contributed by atoms with E-state index in [1.54, 1.807) is 6.20 Å². The van der Waals surface area contributed by atoms with Gasteiger partial charge in [0.05, 0.1) is 11.5 Å². The van der Waals surface area contributed by atoms with Crippen molar-refractivity contribution in [1.29, 1.82) is 0 Å². The monoisotopic (exact) mass is 317 g/mol. The molecule has 0 aromatic carbocycles. The molecule has 1 N–H and O–H groups in total. The van der Waals surface area contributed by atoms with Crippen molar-refractivity contribution in [3.63, 3.8) is 0 Å². The normalized spacial score (nSPS) is 24.2. The van der Waals surface area contributed by atoms with E-state index >= 15 is 0 Å². The molecule has 5 nitrogen and oxygen atoms in total. The molecule has 0 bridgehead atoms. The van der Waals surface area contributed by atoms with Crippen molar-refractivity contribution in [3.8, 4) is 5.88 Å². The Kier molecular flexibility index (Phi) is 4.57. The number of nitrogens with one attached hydrogen (secondary N) is 1. The molecule has 1 aromatic rings. The van der Waals surface area contributed by atoms with Crippen molar-refractivity contribution < 1.29 is 9.53 Å². The van der Waals surface area contributed by atoms with E-state index in [9.17, 15) is 4.79 Å². The predicted molar refractivity (Wildman–Crippen MR) is 89.4 cm³/mol. The Morgan fingerprint density at radius 3 is 2.96 bits per heavy atom. The number of aromatic nitrogens is 1. The Morgan fingerprint density at radius 1 is 1.57 bits per heavy atom. The smallest absolute Gasteiger partial charge is 0.224 e. The summed E-state index contributed by atoms with van der Waals surface area (Å²) in [5.74, 6) is 0.843. The lowest BCUT2D eigenvalue weighted by Crippen LogP contribution is -2.48. The lowest BCUT2D eigenvalue weighted by molar-refractivity contribution is -0.127. The van der Waals surface area contributed by atoms with Gasteiger partial charge in [-0.05, 0) is 52.3 Å². The predicted octanol–water partition coefficient (Wildman–Crippen LogP) is 2.15. The SMILES string of the molecule is Cc1cccnc1OCC1(NC(=O)[C@@H](C)[C@@H]2CCCN2C)CC1. The number of hydrogen-bond acceptors (Lipinski definition) is 4. The topological polar surface area (TPSA) is 54.5 Å². The molecule has 0 radical (unpaired) electrons. The Morgan fingerprint density at radius 2 is 2.35 bits per heavy atom. The average molecular weight is 317 g/mol. The van der Waals surface area contributed by atoms with Crippen molar-refractivity contribution in [2.75, 3.05) is 20.2 Å². The van der Waals surface area contributed by atoms with Crippen molar-refractivity contribution >= 4 is 5.91 Å². The number of nitrogens with zero attached hydrogens (tertiary/aromatic N) is 2. The maximum absolute atomic E-state index is 12.6. The number of amides is 1. The van der Waals surface area contributed by atoms with Gasteiger partial charge in [-0.2, -0.15) is 0 Å². The van der Waals surface area contributed by atoms with Gasteiger partial charge in [-0.1, -0.05) is 13.0 Å². The third-order valence-electron chi connectivity index (χ3n) is 5.26. The summed E-state index contributed by atoms with van der Waals surface area (Å²) in [5, 5.41) is 3.24.